The highest BCUT2D eigenvalue weighted by Gasteiger charge is 2.33. The van der Waals surface area contributed by atoms with Gasteiger partial charge in [0.25, 0.3) is 0 Å². The first-order chi connectivity index (χ1) is 18.7. The highest BCUT2D eigenvalue weighted by molar-refractivity contribution is 5.90. The summed E-state index contributed by atoms with van der Waals surface area (Å²) in [7, 11) is 1.26. The van der Waals surface area contributed by atoms with E-state index in [0.29, 0.717) is 11.5 Å². The van der Waals surface area contributed by atoms with E-state index in [4.69, 9.17) is 18.9 Å². The van der Waals surface area contributed by atoms with Gasteiger partial charge in [-0.15, -0.1) is 0 Å². The molecule has 9 nitrogen and oxygen atoms in total. The van der Waals surface area contributed by atoms with Gasteiger partial charge >= 0.3 is 12.1 Å². The van der Waals surface area contributed by atoms with Gasteiger partial charge < -0.3 is 29.6 Å². The van der Waals surface area contributed by atoms with Crippen molar-refractivity contribution in [3.05, 3.63) is 95.6 Å². The zero-order valence-electron chi connectivity index (χ0n) is 22.1. The molecular weight excluding hydrogens is 500 g/mol. The molecule has 0 aromatic heterocycles. The zero-order valence-corrected chi connectivity index (χ0v) is 22.1. The molecule has 1 aliphatic rings. The quantitative estimate of drug-likeness (QED) is 0.381. The molecule has 0 spiro atoms. The van der Waals surface area contributed by atoms with Gasteiger partial charge in [-0.05, 0) is 28.8 Å². The Labute approximate surface area is 227 Å². The van der Waals surface area contributed by atoms with Gasteiger partial charge in [0.2, 0.25) is 11.7 Å². The number of hydrogen-bond acceptors (Lipinski definition) is 7. The molecule has 0 bridgehead atoms. The number of carbonyl (C=O) groups is 3. The fraction of sp³-hybridized carbons (Fsp3) is 0.300. The smallest absolute Gasteiger partial charge is 0.408 e. The SMILES string of the molecule is COC(=O)[C@H](Cc1ccccc1)NC(=O)[C@H](Cc1ccc2c(c1)OC(C)(C)O2)NC(=O)OCc1ccccc1. The van der Waals surface area contributed by atoms with Gasteiger partial charge in [0.1, 0.15) is 18.7 Å². The Morgan fingerprint density at radius 1 is 0.769 bits per heavy atom. The summed E-state index contributed by atoms with van der Waals surface area (Å²) in [5.74, 6) is -0.824. The van der Waals surface area contributed by atoms with Crippen molar-refractivity contribution in [2.45, 2.75) is 51.2 Å². The maximum atomic E-state index is 13.5. The lowest BCUT2D eigenvalue weighted by Crippen LogP contribution is -2.53. The monoisotopic (exact) mass is 532 g/mol. The minimum Gasteiger partial charge on any atom is -0.467 e. The van der Waals surface area contributed by atoms with Crippen LogP contribution in [0.2, 0.25) is 0 Å². The van der Waals surface area contributed by atoms with Crippen molar-refractivity contribution in [2.75, 3.05) is 7.11 Å². The van der Waals surface area contributed by atoms with Crippen molar-refractivity contribution in [1.29, 1.82) is 0 Å². The molecule has 3 aromatic rings. The number of amides is 2. The van der Waals surface area contributed by atoms with E-state index >= 15 is 0 Å². The number of rotatable bonds is 10. The Morgan fingerprint density at radius 2 is 1.38 bits per heavy atom. The summed E-state index contributed by atoms with van der Waals surface area (Å²) in [6, 6.07) is 21.8. The fourth-order valence-electron chi connectivity index (χ4n) is 4.20. The number of hydrogen-bond donors (Lipinski definition) is 2. The van der Waals surface area contributed by atoms with Gasteiger partial charge in [-0.1, -0.05) is 66.7 Å². The molecule has 1 aliphatic heterocycles. The van der Waals surface area contributed by atoms with Crippen molar-refractivity contribution in [3.63, 3.8) is 0 Å². The van der Waals surface area contributed by atoms with Crippen LogP contribution in [0.25, 0.3) is 0 Å². The lowest BCUT2D eigenvalue weighted by molar-refractivity contribution is -0.145. The van der Waals surface area contributed by atoms with E-state index in [-0.39, 0.29) is 19.4 Å². The Hall–Kier alpha value is -4.53. The van der Waals surface area contributed by atoms with Crippen LogP contribution in [0.15, 0.2) is 78.9 Å². The van der Waals surface area contributed by atoms with Gasteiger partial charge in [-0.25, -0.2) is 9.59 Å². The number of nitrogens with one attached hydrogen (secondary N) is 2. The number of methoxy groups -OCH3 is 1. The predicted octanol–water partition coefficient (Wildman–Crippen LogP) is 3.93. The maximum absolute atomic E-state index is 13.5. The summed E-state index contributed by atoms with van der Waals surface area (Å²) < 4.78 is 21.8. The second kappa shape index (κ2) is 12.3. The molecule has 39 heavy (non-hydrogen) atoms. The molecule has 0 radical (unpaired) electrons. The molecule has 2 N–H and O–H groups in total. The van der Waals surface area contributed by atoms with Crippen LogP contribution in [-0.4, -0.2) is 43.0 Å². The third-order valence-corrected chi connectivity index (χ3v) is 6.07. The first-order valence-corrected chi connectivity index (χ1v) is 12.6. The molecule has 1 heterocycles. The van der Waals surface area contributed by atoms with E-state index in [1.165, 1.54) is 7.11 Å². The summed E-state index contributed by atoms with van der Waals surface area (Å²) in [4.78, 5) is 38.7. The highest BCUT2D eigenvalue weighted by atomic mass is 16.7. The van der Waals surface area contributed by atoms with Crippen LogP contribution in [0.1, 0.15) is 30.5 Å². The predicted molar refractivity (Wildman–Crippen MR) is 143 cm³/mol. The van der Waals surface area contributed by atoms with Crippen molar-refractivity contribution >= 4 is 18.0 Å². The molecule has 0 saturated carbocycles. The topological polar surface area (TPSA) is 112 Å². The molecule has 9 heteroatoms. The Bertz CT molecular complexity index is 1300. The largest absolute Gasteiger partial charge is 0.467 e. The molecular formula is C30H32N2O7. The Morgan fingerprint density at radius 3 is 2.05 bits per heavy atom. The van der Waals surface area contributed by atoms with Crippen LogP contribution in [0, 0.1) is 0 Å². The molecule has 0 aliphatic carbocycles. The number of ether oxygens (including phenoxy) is 4. The number of esters is 1. The molecule has 4 rings (SSSR count). The van der Waals surface area contributed by atoms with Crippen LogP contribution in [-0.2, 0) is 38.5 Å². The van der Waals surface area contributed by atoms with E-state index in [2.05, 4.69) is 10.6 Å². The Kier molecular flexibility index (Phi) is 8.70. The van der Waals surface area contributed by atoms with Crippen molar-refractivity contribution in [2.24, 2.45) is 0 Å². The van der Waals surface area contributed by atoms with Crippen LogP contribution in [0.5, 0.6) is 11.5 Å². The first kappa shape index (κ1) is 27.5. The lowest BCUT2D eigenvalue weighted by atomic mass is 10.0. The number of carbonyl (C=O) groups excluding carboxylic acids is 3. The number of alkyl carbamates (subject to hydrolysis) is 1. The van der Waals surface area contributed by atoms with Gasteiger partial charge in [-0.2, -0.15) is 0 Å². The van der Waals surface area contributed by atoms with E-state index in [0.717, 1.165) is 16.7 Å². The van der Waals surface area contributed by atoms with Crippen molar-refractivity contribution < 1.29 is 33.3 Å². The minimum absolute atomic E-state index is 0.0406. The third kappa shape index (κ3) is 7.73. The summed E-state index contributed by atoms with van der Waals surface area (Å²) in [6.07, 6.45) is -0.426. The van der Waals surface area contributed by atoms with Gasteiger partial charge in [0, 0.05) is 26.7 Å². The highest BCUT2D eigenvalue weighted by Crippen LogP contribution is 2.39. The van der Waals surface area contributed by atoms with Crippen molar-refractivity contribution in [1.82, 2.24) is 10.6 Å². The molecule has 0 saturated heterocycles. The van der Waals surface area contributed by atoms with Crippen LogP contribution < -0.4 is 20.1 Å². The molecule has 2 amide bonds. The summed E-state index contributed by atoms with van der Waals surface area (Å²) in [5, 5.41) is 5.39. The fourth-order valence-corrected chi connectivity index (χ4v) is 4.20. The molecule has 0 fully saturated rings. The average Bonchev–Trinajstić information content (AvgIpc) is 3.24. The van der Waals surface area contributed by atoms with Crippen LogP contribution >= 0.6 is 0 Å². The second-order valence-electron chi connectivity index (χ2n) is 9.62. The molecule has 2 atom stereocenters. The maximum Gasteiger partial charge on any atom is 0.408 e. The zero-order chi connectivity index (χ0) is 27.8. The van der Waals surface area contributed by atoms with E-state index < -0.39 is 35.8 Å². The van der Waals surface area contributed by atoms with E-state index in [1.807, 2.05) is 60.7 Å². The average molecular weight is 533 g/mol. The minimum atomic E-state index is -1.05. The lowest BCUT2D eigenvalue weighted by Gasteiger charge is -2.22. The normalized spacial score (nSPS) is 14.5. The summed E-state index contributed by atoms with van der Waals surface area (Å²) in [6.45, 7) is 3.64. The van der Waals surface area contributed by atoms with Crippen molar-refractivity contribution in [3.8, 4) is 11.5 Å². The summed E-state index contributed by atoms with van der Waals surface area (Å²) >= 11 is 0. The van der Waals surface area contributed by atoms with Gasteiger partial charge in [-0.3, -0.25) is 4.79 Å². The third-order valence-electron chi connectivity index (χ3n) is 6.07. The van der Waals surface area contributed by atoms with Crippen LogP contribution in [0.4, 0.5) is 4.79 Å². The number of benzene rings is 3. The van der Waals surface area contributed by atoms with E-state index in [1.54, 1.807) is 32.0 Å². The molecule has 0 unspecified atom stereocenters. The van der Waals surface area contributed by atoms with Gasteiger partial charge in [0.05, 0.1) is 7.11 Å². The first-order valence-electron chi connectivity index (χ1n) is 12.6. The molecule has 204 valence electrons. The Balaban J connectivity index is 1.50. The summed E-state index contributed by atoms with van der Waals surface area (Å²) in [5.41, 5.74) is 2.37. The van der Waals surface area contributed by atoms with Crippen LogP contribution in [0.3, 0.4) is 0 Å². The molecule has 3 aromatic carbocycles. The second-order valence-corrected chi connectivity index (χ2v) is 9.62. The van der Waals surface area contributed by atoms with Gasteiger partial charge in [0.15, 0.2) is 11.5 Å². The standard InChI is InChI=1S/C30H32N2O7/c1-30(2)38-25-15-14-22(18-26(25)39-30)17-23(32-29(35)37-19-21-12-8-5-9-13-21)27(33)31-24(28(34)36-3)16-20-10-6-4-7-11-20/h4-15,18,23-24H,16-17,19H2,1-3H3,(H,31,33)(H,32,35)/t23-,24-/m0/s1. The van der Waals surface area contributed by atoms with E-state index in [9.17, 15) is 14.4 Å². The number of fused-ring (bicyclic) bond motifs is 1.